The maximum absolute atomic E-state index is 13.1. The number of rotatable bonds is 7. The van der Waals surface area contributed by atoms with Crippen molar-refractivity contribution in [2.45, 2.75) is 37.5 Å². The molecule has 32 heavy (non-hydrogen) atoms. The molecule has 0 saturated carbocycles. The first-order valence-electron chi connectivity index (χ1n) is 9.54. The third kappa shape index (κ3) is 4.83. The summed E-state index contributed by atoms with van der Waals surface area (Å²) in [6.07, 6.45) is 1.17. The van der Waals surface area contributed by atoms with Gasteiger partial charge in [-0.1, -0.05) is 6.07 Å². The summed E-state index contributed by atoms with van der Waals surface area (Å²) in [5.74, 6) is 0.252. The van der Waals surface area contributed by atoms with Crippen LogP contribution in [-0.2, 0) is 20.0 Å². The van der Waals surface area contributed by atoms with E-state index < -0.39 is 20.0 Å². The molecule has 170 valence electrons. The average Bonchev–Trinajstić information content (AvgIpc) is 2.72. The fourth-order valence-corrected chi connectivity index (χ4v) is 5.87. The Balaban J connectivity index is 1.86. The Morgan fingerprint density at radius 2 is 1.38 bits per heavy atom. The average molecular weight is 477 g/mol. The standard InChI is InChI=1S/C21H24N4O5S2/c1-13-10-14(2)16(4)21(15(13)3)32(28,29)24-17-6-8-18(9-7-17)31(26,27)25-19-11-20(30-5)23-12-22-19/h6-12,24H,1-5H3,(H,22,23,25). The van der Waals surface area contributed by atoms with Gasteiger partial charge in [-0.2, -0.15) is 0 Å². The van der Waals surface area contributed by atoms with Crippen LogP contribution in [0.5, 0.6) is 5.88 Å². The van der Waals surface area contributed by atoms with Crippen LogP contribution in [0, 0.1) is 27.7 Å². The Morgan fingerprint density at radius 3 is 1.94 bits per heavy atom. The molecule has 3 aromatic rings. The predicted molar refractivity (Wildman–Crippen MR) is 122 cm³/mol. The van der Waals surface area contributed by atoms with Gasteiger partial charge in [-0.25, -0.2) is 26.8 Å². The summed E-state index contributed by atoms with van der Waals surface area (Å²) >= 11 is 0. The van der Waals surface area contributed by atoms with E-state index in [-0.39, 0.29) is 27.2 Å². The molecule has 0 bridgehead atoms. The van der Waals surface area contributed by atoms with E-state index in [4.69, 9.17) is 4.74 Å². The fourth-order valence-electron chi connectivity index (χ4n) is 3.20. The summed E-state index contributed by atoms with van der Waals surface area (Å²) < 4.78 is 61.2. The lowest BCUT2D eigenvalue weighted by Crippen LogP contribution is -2.17. The first-order valence-corrected chi connectivity index (χ1v) is 12.5. The smallest absolute Gasteiger partial charge is 0.263 e. The Hall–Kier alpha value is -3.18. The van der Waals surface area contributed by atoms with Crippen molar-refractivity contribution in [1.82, 2.24) is 9.97 Å². The van der Waals surface area contributed by atoms with E-state index in [2.05, 4.69) is 19.4 Å². The molecule has 11 heteroatoms. The number of aryl methyl sites for hydroxylation is 2. The van der Waals surface area contributed by atoms with Gasteiger partial charge in [-0.05, 0) is 74.2 Å². The molecule has 2 aromatic carbocycles. The maximum atomic E-state index is 13.1. The zero-order chi connectivity index (χ0) is 23.7. The summed E-state index contributed by atoms with van der Waals surface area (Å²) in [5.41, 5.74) is 3.34. The lowest BCUT2D eigenvalue weighted by atomic mass is 10.0. The van der Waals surface area contributed by atoms with Crippen LogP contribution < -0.4 is 14.2 Å². The van der Waals surface area contributed by atoms with Gasteiger partial charge >= 0.3 is 0 Å². The molecule has 3 rings (SSSR count). The first kappa shape index (κ1) is 23.5. The predicted octanol–water partition coefficient (Wildman–Crippen LogP) is 3.32. The summed E-state index contributed by atoms with van der Waals surface area (Å²) in [6.45, 7) is 7.25. The largest absolute Gasteiger partial charge is 0.481 e. The molecule has 0 fully saturated rings. The van der Waals surface area contributed by atoms with Crippen LogP contribution in [0.2, 0.25) is 0 Å². The van der Waals surface area contributed by atoms with Gasteiger partial charge in [-0.3, -0.25) is 9.44 Å². The second kappa shape index (κ2) is 8.75. The van der Waals surface area contributed by atoms with Crippen molar-refractivity contribution < 1.29 is 21.6 Å². The van der Waals surface area contributed by atoms with Gasteiger partial charge in [0, 0.05) is 11.8 Å². The SMILES string of the molecule is COc1cc(NS(=O)(=O)c2ccc(NS(=O)(=O)c3c(C)c(C)cc(C)c3C)cc2)ncn1. The topological polar surface area (TPSA) is 127 Å². The Labute approximate surface area is 188 Å². The van der Waals surface area contributed by atoms with E-state index in [0.29, 0.717) is 11.1 Å². The van der Waals surface area contributed by atoms with E-state index in [1.54, 1.807) is 13.8 Å². The molecule has 9 nitrogen and oxygen atoms in total. The van der Waals surface area contributed by atoms with Gasteiger partial charge < -0.3 is 4.74 Å². The minimum atomic E-state index is -3.95. The van der Waals surface area contributed by atoms with Crippen LogP contribution >= 0.6 is 0 Å². The monoisotopic (exact) mass is 476 g/mol. The molecular weight excluding hydrogens is 452 g/mol. The van der Waals surface area contributed by atoms with Crippen LogP contribution in [0.1, 0.15) is 22.3 Å². The normalized spacial score (nSPS) is 11.8. The Bertz CT molecular complexity index is 1340. The molecule has 2 N–H and O–H groups in total. The number of benzene rings is 2. The second-order valence-electron chi connectivity index (χ2n) is 7.27. The number of aromatic nitrogens is 2. The zero-order valence-electron chi connectivity index (χ0n) is 18.3. The van der Waals surface area contributed by atoms with Crippen molar-refractivity contribution in [2.75, 3.05) is 16.6 Å². The third-order valence-corrected chi connectivity index (χ3v) is 8.10. The molecule has 0 atom stereocenters. The van der Waals surface area contributed by atoms with E-state index in [1.165, 1.54) is 43.8 Å². The van der Waals surface area contributed by atoms with E-state index in [1.807, 2.05) is 19.9 Å². The number of nitrogens with zero attached hydrogens (tertiary/aromatic N) is 2. The molecule has 0 saturated heterocycles. The molecule has 0 amide bonds. The van der Waals surface area contributed by atoms with Gasteiger partial charge in [0.2, 0.25) is 5.88 Å². The highest BCUT2D eigenvalue weighted by atomic mass is 32.2. The maximum Gasteiger partial charge on any atom is 0.263 e. The van der Waals surface area contributed by atoms with Crippen molar-refractivity contribution >= 4 is 31.6 Å². The molecule has 0 spiro atoms. The van der Waals surface area contributed by atoms with Crippen LogP contribution in [0.3, 0.4) is 0 Å². The summed E-state index contributed by atoms with van der Waals surface area (Å²) in [5, 5.41) is 0. The van der Waals surface area contributed by atoms with Gasteiger partial charge in [0.1, 0.15) is 12.1 Å². The van der Waals surface area contributed by atoms with Crippen molar-refractivity contribution in [2.24, 2.45) is 0 Å². The molecule has 0 aliphatic carbocycles. The highest BCUT2D eigenvalue weighted by Gasteiger charge is 2.23. The molecule has 1 aromatic heterocycles. The van der Waals surface area contributed by atoms with Crippen LogP contribution in [0.4, 0.5) is 11.5 Å². The number of ether oxygens (including phenoxy) is 1. The highest BCUT2D eigenvalue weighted by molar-refractivity contribution is 7.93. The molecule has 0 radical (unpaired) electrons. The summed E-state index contributed by atoms with van der Waals surface area (Å²) in [7, 11) is -6.41. The highest BCUT2D eigenvalue weighted by Crippen LogP contribution is 2.28. The number of hydrogen-bond acceptors (Lipinski definition) is 7. The summed E-state index contributed by atoms with van der Waals surface area (Å²) in [6, 6.07) is 8.68. The van der Waals surface area contributed by atoms with Gasteiger partial charge in [0.15, 0.2) is 0 Å². The van der Waals surface area contributed by atoms with Gasteiger partial charge in [0.05, 0.1) is 16.9 Å². The number of hydrogen-bond donors (Lipinski definition) is 2. The van der Waals surface area contributed by atoms with Crippen LogP contribution in [0.15, 0.2) is 52.5 Å². The zero-order valence-corrected chi connectivity index (χ0v) is 19.9. The second-order valence-corrected chi connectivity index (χ2v) is 10.6. The molecular formula is C21H24N4O5S2. The first-order chi connectivity index (χ1) is 14.9. The minimum absolute atomic E-state index is 0.0439. The fraction of sp³-hybridized carbons (Fsp3) is 0.238. The number of methoxy groups -OCH3 is 1. The lowest BCUT2D eigenvalue weighted by Gasteiger charge is -2.17. The van der Waals surface area contributed by atoms with Gasteiger partial charge in [-0.15, -0.1) is 0 Å². The summed E-state index contributed by atoms with van der Waals surface area (Å²) in [4.78, 5) is 7.85. The molecule has 1 heterocycles. The quantitative estimate of drug-likeness (QED) is 0.535. The van der Waals surface area contributed by atoms with E-state index >= 15 is 0 Å². The molecule has 0 aliphatic heterocycles. The van der Waals surface area contributed by atoms with Crippen molar-refractivity contribution in [3.63, 3.8) is 0 Å². The van der Waals surface area contributed by atoms with Crippen molar-refractivity contribution in [3.8, 4) is 5.88 Å². The number of anilines is 2. The lowest BCUT2D eigenvalue weighted by molar-refractivity contribution is 0.397. The van der Waals surface area contributed by atoms with Crippen LogP contribution in [-0.4, -0.2) is 33.9 Å². The number of sulfonamides is 2. The number of nitrogens with one attached hydrogen (secondary N) is 2. The van der Waals surface area contributed by atoms with E-state index in [0.717, 1.165) is 11.1 Å². The minimum Gasteiger partial charge on any atom is -0.481 e. The van der Waals surface area contributed by atoms with E-state index in [9.17, 15) is 16.8 Å². The Kier molecular flexibility index (Phi) is 6.42. The molecule has 0 unspecified atom stereocenters. The van der Waals surface area contributed by atoms with Crippen molar-refractivity contribution in [1.29, 1.82) is 0 Å². The third-order valence-electron chi connectivity index (χ3n) is 5.07. The van der Waals surface area contributed by atoms with Crippen LogP contribution in [0.25, 0.3) is 0 Å². The van der Waals surface area contributed by atoms with Gasteiger partial charge in [0.25, 0.3) is 20.0 Å². The Morgan fingerprint density at radius 1 is 0.781 bits per heavy atom. The van der Waals surface area contributed by atoms with Crippen molar-refractivity contribution in [3.05, 3.63) is 65.0 Å². The molecule has 0 aliphatic rings.